The molecule has 2 rings (SSSR count). The van der Waals surface area contributed by atoms with Crippen molar-refractivity contribution in [2.24, 2.45) is 0 Å². The van der Waals surface area contributed by atoms with Gasteiger partial charge in [-0.05, 0) is 37.5 Å². The van der Waals surface area contributed by atoms with Crippen LogP contribution in [0.15, 0.2) is 30.4 Å². The molecule has 1 aromatic rings. The fourth-order valence-corrected chi connectivity index (χ4v) is 3.46. The number of ether oxygens (including phenoxy) is 3. The van der Waals surface area contributed by atoms with E-state index in [0.29, 0.717) is 12.0 Å². The summed E-state index contributed by atoms with van der Waals surface area (Å²) in [6, 6.07) is 1.64. The monoisotopic (exact) mass is 414 g/mol. The van der Waals surface area contributed by atoms with E-state index in [1.807, 2.05) is 6.92 Å². The maximum atomic E-state index is 12.6. The number of benzene rings is 1. The lowest BCUT2D eigenvalue weighted by Crippen LogP contribution is -2.18. The van der Waals surface area contributed by atoms with Crippen molar-refractivity contribution in [2.45, 2.75) is 58.5 Å². The van der Waals surface area contributed by atoms with Gasteiger partial charge in [0.2, 0.25) is 0 Å². The molecule has 0 bridgehead atoms. The van der Waals surface area contributed by atoms with E-state index in [0.717, 1.165) is 32.1 Å². The van der Waals surface area contributed by atoms with Gasteiger partial charge in [0.05, 0.1) is 25.3 Å². The first-order chi connectivity index (χ1) is 14.5. The van der Waals surface area contributed by atoms with Gasteiger partial charge in [0.15, 0.2) is 11.6 Å². The van der Waals surface area contributed by atoms with Crippen LogP contribution in [0, 0.1) is 0 Å². The molecule has 0 amide bonds. The second kappa shape index (κ2) is 11.3. The van der Waals surface area contributed by atoms with Crippen LogP contribution in [0.25, 0.3) is 0 Å². The molecule has 0 saturated carbocycles. The van der Waals surface area contributed by atoms with Crippen LogP contribution in [-0.4, -0.2) is 31.8 Å². The van der Waals surface area contributed by atoms with Crippen molar-refractivity contribution in [3.8, 4) is 11.5 Å². The largest absolute Gasteiger partial charge is 0.496 e. The lowest BCUT2D eigenvalue weighted by Gasteiger charge is -2.24. The number of esters is 1. The highest BCUT2D eigenvalue weighted by Crippen LogP contribution is 2.42. The van der Waals surface area contributed by atoms with E-state index in [9.17, 15) is 14.4 Å². The number of ketones is 2. The van der Waals surface area contributed by atoms with Crippen molar-refractivity contribution in [3.63, 3.8) is 0 Å². The first-order valence-electron chi connectivity index (χ1n) is 10.4. The minimum Gasteiger partial charge on any atom is -0.496 e. The van der Waals surface area contributed by atoms with Crippen LogP contribution < -0.4 is 9.47 Å². The zero-order valence-corrected chi connectivity index (χ0v) is 18.2. The molecule has 1 unspecified atom stereocenters. The van der Waals surface area contributed by atoms with Crippen LogP contribution >= 0.6 is 0 Å². The predicted octanol–water partition coefficient (Wildman–Crippen LogP) is 5.16. The highest BCUT2D eigenvalue weighted by molar-refractivity contribution is 6.24. The minimum atomic E-state index is -0.627. The number of methoxy groups -OCH3 is 2. The Hall–Kier alpha value is -2.89. The summed E-state index contributed by atoms with van der Waals surface area (Å²) < 4.78 is 16.7. The van der Waals surface area contributed by atoms with Gasteiger partial charge in [0, 0.05) is 11.6 Å². The molecule has 0 fully saturated rings. The summed E-state index contributed by atoms with van der Waals surface area (Å²) in [6.07, 6.45) is 10.1. The summed E-state index contributed by atoms with van der Waals surface area (Å²) in [4.78, 5) is 37.4. The molecular weight excluding hydrogens is 384 g/mol. The van der Waals surface area contributed by atoms with E-state index in [1.54, 1.807) is 12.1 Å². The van der Waals surface area contributed by atoms with E-state index < -0.39 is 12.1 Å². The van der Waals surface area contributed by atoms with Crippen LogP contribution in [-0.2, 0) is 9.53 Å². The number of fused-ring (bicyclic) bond motifs is 1. The van der Waals surface area contributed by atoms with Gasteiger partial charge in [-0.25, -0.2) is 4.79 Å². The maximum Gasteiger partial charge on any atom is 0.331 e. The summed E-state index contributed by atoms with van der Waals surface area (Å²) in [6.45, 7) is 4.12. The van der Waals surface area contributed by atoms with Crippen molar-refractivity contribution >= 4 is 17.5 Å². The van der Waals surface area contributed by atoms with Gasteiger partial charge in [-0.3, -0.25) is 9.59 Å². The lowest BCUT2D eigenvalue weighted by molar-refractivity contribution is -0.143. The summed E-state index contributed by atoms with van der Waals surface area (Å²) >= 11 is 0. The number of carbonyl (C=O) groups excluding carboxylic acids is 3. The van der Waals surface area contributed by atoms with Crippen molar-refractivity contribution < 1.29 is 28.6 Å². The van der Waals surface area contributed by atoms with Gasteiger partial charge >= 0.3 is 5.97 Å². The number of hydrogen-bond donors (Lipinski definition) is 0. The Bertz CT molecular complexity index is 850. The van der Waals surface area contributed by atoms with Gasteiger partial charge in [-0.15, -0.1) is 0 Å². The average Bonchev–Trinajstić information content (AvgIpc) is 2.74. The summed E-state index contributed by atoms with van der Waals surface area (Å²) in [7, 11) is 2.88. The van der Waals surface area contributed by atoms with Crippen molar-refractivity contribution in [1.82, 2.24) is 0 Å². The molecule has 1 aliphatic rings. The third kappa shape index (κ3) is 5.38. The fraction of sp³-hybridized carbons (Fsp3) is 0.458. The number of rotatable bonds is 11. The Balaban J connectivity index is 2.53. The summed E-state index contributed by atoms with van der Waals surface area (Å²) in [5.41, 5.74) is 0.849. The summed E-state index contributed by atoms with van der Waals surface area (Å²) in [5.74, 6) is -0.607. The molecule has 0 saturated heterocycles. The molecule has 0 N–H and O–H groups in total. The van der Waals surface area contributed by atoms with E-state index in [2.05, 4.69) is 6.92 Å². The maximum absolute atomic E-state index is 12.6. The highest BCUT2D eigenvalue weighted by Gasteiger charge is 2.32. The van der Waals surface area contributed by atoms with Crippen LogP contribution in [0.3, 0.4) is 0 Å². The minimum absolute atomic E-state index is 0.150. The van der Waals surface area contributed by atoms with Gasteiger partial charge in [0.25, 0.3) is 0 Å². The fourth-order valence-electron chi connectivity index (χ4n) is 3.46. The van der Waals surface area contributed by atoms with Crippen molar-refractivity contribution in [3.05, 3.63) is 47.1 Å². The first-order valence-corrected chi connectivity index (χ1v) is 10.4. The topological polar surface area (TPSA) is 78.9 Å². The standard InChI is InChI=1S/C24H30O6/c1-5-7-9-11-19(30-21(27)12-10-8-6-2)16-15-20(28-3)22-17(25)13-14-18(26)23(22)24(16)29-4/h10,12-15,19H,5-9,11H2,1-4H3/b12-10+. The smallest absolute Gasteiger partial charge is 0.331 e. The predicted molar refractivity (Wildman–Crippen MR) is 114 cm³/mol. The van der Waals surface area contributed by atoms with Crippen LogP contribution in [0.4, 0.5) is 0 Å². The first kappa shape index (κ1) is 23.4. The van der Waals surface area contributed by atoms with Crippen molar-refractivity contribution in [2.75, 3.05) is 14.2 Å². The number of allylic oxidation sites excluding steroid dienone is 3. The Morgan fingerprint density at radius 2 is 1.70 bits per heavy atom. The molecule has 0 spiro atoms. The Morgan fingerprint density at radius 1 is 1.00 bits per heavy atom. The van der Waals surface area contributed by atoms with E-state index in [1.165, 1.54) is 32.4 Å². The molecule has 1 aromatic carbocycles. The van der Waals surface area contributed by atoms with Crippen molar-refractivity contribution in [1.29, 1.82) is 0 Å². The van der Waals surface area contributed by atoms with Crippen LogP contribution in [0.5, 0.6) is 11.5 Å². The molecular formula is C24H30O6. The zero-order valence-electron chi connectivity index (χ0n) is 18.2. The Morgan fingerprint density at radius 3 is 2.30 bits per heavy atom. The molecule has 0 radical (unpaired) electrons. The van der Waals surface area contributed by atoms with Gasteiger partial charge in [-0.2, -0.15) is 0 Å². The van der Waals surface area contributed by atoms with E-state index in [4.69, 9.17) is 14.2 Å². The van der Waals surface area contributed by atoms with Gasteiger partial charge < -0.3 is 14.2 Å². The second-order valence-electron chi connectivity index (χ2n) is 7.13. The van der Waals surface area contributed by atoms with Crippen LogP contribution in [0.2, 0.25) is 0 Å². The van der Waals surface area contributed by atoms with Crippen LogP contribution in [0.1, 0.15) is 84.8 Å². The zero-order chi connectivity index (χ0) is 22.1. The third-order valence-electron chi connectivity index (χ3n) is 4.96. The normalized spacial score (nSPS) is 14.0. The Labute approximate surface area is 177 Å². The number of carbonyl (C=O) groups is 3. The molecule has 30 heavy (non-hydrogen) atoms. The quantitative estimate of drug-likeness (QED) is 0.283. The number of unbranched alkanes of at least 4 members (excludes halogenated alkanes) is 3. The van der Waals surface area contributed by atoms with E-state index in [-0.39, 0.29) is 34.2 Å². The third-order valence-corrected chi connectivity index (χ3v) is 4.96. The lowest BCUT2D eigenvalue weighted by atomic mass is 9.88. The Kier molecular flexibility index (Phi) is 8.84. The molecule has 6 nitrogen and oxygen atoms in total. The average molecular weight is 414 g/mol. The molecule has 6 heteroatoms. The summed E-state index contributed by atoms with van der Waals surface area (Å²) in [5, 5.41) is 0. The highest BCUT2D eigenvalue weighted by atomic mass is 16.5. The SMILES string of the molecule is CCC/C=C/C(=O)OC(CCCCC)c1cc(OC)c2c(c1OC)C(=O)C=CC2=O. The number of hydrogen-bond acceptors (Lipinski definition) is 6. The second-order valence-corrected chi connectivity index (χ2v) is 7.13. The molecule has 162 valence electrons. The molecule has 1 atom stereocenters. The molecule has 0 heterocycles. The van der Waals surface area contributed by atoms with Gasteiger partial charge in [0.1, 0.15) is 17.6 Å². The van der Waals surface area contributed by atoms with Gasteiger partial charge in [-0.1, -0.05) is 39.2 Å². The van der Waals surface area contributed by atoms with E-state index >= 15 is 0 Å². The molecule has 0 aromatic heterocycles. The molecule has 1 aliphatic carbocycles. The molecule has 0 aliphatic heterocycles.